The standard InChI is InChI=1S/C13H17F2N/c1-2-9-3-4-16-13(5-9)10-6-11(14)8-12(15)7-10/h6-9,13,16H,2-5H2,1H3. The second-order valence-corrected chi connectivity index (χ2v) is 4.51. The van der Waals surface area contributed by atoms with E-state index < -0.39 is 11.6 Å². The van der Waals surface area contributed by atoms with Crippen LogP contribution in [0, 0.1) is 17.6 Å². The average Bonchev–Trinajstić information content (AvgIpc) is 2.28. The second-order valence-electron chi connectivity index (χ2n) is 4.51. The Kier molecular flexibility index (Phi) is 3.54. The maximum atomic E-state index is 13.1. The van der Waals surface area contributed by atoms with Gasteiger partial charge in [-0.25, -0.2) is 8.78 Å². The van der Waals surface area contributed by atoms with Crippen molar-refractivity contribution in [2.75, 3.05) is 6.54 Å². The highest BCUT2D eigenvalue weighted by Gasteiger charge is 2.22. The van der Waals surface area contributed by atoms with Gasteiger partial charge >= 0.3 is 0 Å². The Balaban J connectivity index is 2.16. The van der Waals surface area contributed by atoms with Crippen LogP contribution >= 0.6 is 0 Å². The Hall–Kier alpha value is -0.960. The van der Waals surface area contributed by atoms with Gasteiger partial charge in [0.1, 0.15) is 11.6 Å². The SMILES string of the molecule is CCC1CCNC(c2cc(F)cc(F)c2)C1. The molecule has 1 N–H and O–H groups in total. The zero-order chi connectivity index (χ0) is 11.5. The van der Waals surface area contributed by atoms with Gasteiger partial charge in [0.2, 0.25) is 0 Å². The highest BCUT2D eigenvalue weighted by molar-refractivity contribution is 5.22. The lowest BCUT2D eigenvalue weighted by Gasteiger charge is -2.30. The van der Waals surface area contributed by atoms with Crippen LogP contribution in [0.3, 0.4) is 0 Å². The average molecular weight is 225 g/mol. The minimum Gasteiger partial charge on any atom is -0.310 e. The van der Waals surface area contributed by atoms with Gasteiger partial charge in [-0.2, -0.15) is 0 Å². The molecule has 1 fully saturated rings. The van der Waals surface area contributed by atoms with E-state index in [1.165, 1.54) is 12.1 Å². The summed E-state index contributed by atoms with van der Waals surface area (Å²) in [6.07, 6.45) is 3.26. The van der Waals surface area contributed by atoms with Crippen molar-refractivity contribution in [3.63, 3.8) is 0 Å². The van der Waals surface area contributed by atoms with Crippen molar-refractivity contribution in [2.24, 2.45) is 5.92 Å². The van der Waals surface area contributed by atoms with Crippen LogP contribution in [-0.2, 0) is 0 Å². The van der Waals surface area contributed by atoms with Gasteiger partial charge in [-0.05, 0) is 43.0 Å². The molecule has 0 bridgehead atoms. The first kappa shape index (κ1) is 11.5. The van der Waals surface area contributed by atoms with Crippen molar-refractivity contribution in [2.45, 2.75) is 32.2 Å². The van der Waals surface area contributed by atoms with E-state index in [-0.39, 0.29) is 6.04 Å². The van der Waals surface area contributed by atoms with E-state index in [9.17, 15) is 8.78 Å². The summed E-state index contributed by atoms with van der Waals surface area (Å²) in [6.45, 7) is 3.10. The molecule has 1 saturated heterocycles. The molecule has 0 saturated carbocycles. The third-order valence-corrected chi connectivity index (χ3v) is 3.38. The van der Waals surface area contributed by atoms with Gasteiger partial charge in [0.25, 0.3) is 0 Å². The Morgan fingerprint density at radius 1 is 1.25 bits per heavy atom. The molecular weight excluding hydrogens is 208 g/mol. The summed E-state index contributed by atoms with van der Waals surface area (Å²) in [7, 11) is 0. The smallest absolute Gasteiger partial charge is 0.126 e. The van der Waals surface area contributed by atoms with Crippen molar-refractivity contribution in [3.05, 3.63) is 35.4 Å². The molecule has 1 nitrogen and oxygen atoms in total. The van der Waals surface area contributed by atoms with E-state index in [0.717, 1.165) is 37.4 Å². The molecule has 2 atom stereocenters. The van der Waals surface area contributed by atoms with Gasteiger partial charge in [-0.1, -0.05) is 13.3 Å². The molecule has 1 aliphatic rings. The highest BCUT2D eigenvalue weighted by Crippen LogP contribution is 2.29. The maximum Gasteiger partial charge on any atom is 0.126 e. The van der Waals surface area contributed by atoms with Gasteiger partial charge < -0.3 is 5.32 Å². The van der Waals surface area contributed by atoms with Crippen LogP contribution in [0.1, 0.15) is 37.8 Å². The van der Waals surface area contributed by atoms with Crippen molar-refractivity contribution in [3.8, 4) is 0 Å². The van der Waals surface area contributed by atoms with Gasteiger partial charge in [0, 0.05) is 12.1 Å². The van der Waals surface area contributed by atoms with Crippen molar-refractivity contribution in [1.82, 2.24) is 5.32 Å². The highest BCUT2D eigenvalue weighted by atomic mass is 19.1. The topological polar surface area (TPSA) is 12.0 Å². The normalized spacial score (nSPS) is 25.7. The number of rotatable bonds is 2. The second kappa shape index (κ2) is 4.91. The van der Waals surface area contributed by atoms with Gasteiger partial charge in [0.05, 0.1) is 0 Å². The number of halogens is 2. The molecule has 1 heterocycles. The summed E-state index contributed by atoms with van der Waals surface area (Å²) in [5.41, 5.74) is 0.732. The molecule has 2 unspecified atom stereocenters. The van der Waals surface area contributed by atoms with Crippen LogP contribution < -0.4 is 5.32 Å². The Morgan fingerprint density at radius 3 is 2.56 bits per heavy atom. The van der Waals surface area contributed by atoms with Crippen LogP contribution in [0.15, 0.2) is 18.2 Å². The van der Waals surface area contributed by atoms with Crippen molar-refractivity contribution in [1.29, 1.82) is 0 Å². The lowest BCUT2D eigenvalue weighted by atomic mass is 9.87. The fourth-order valence-electron chi connectivity index (χ4n) is 2.40. The van der Waals surface area contributed by atoms with Gasteiger partial charge in [0.15, 0.2) is 0 Å². The molecule has 88 valence electrons. The zero-order valence-electron chi connectivity index (χ0n) is 9.47. The Labute approximate surface area is 94.9 Å². The summed E-state index contributed by atoms with van der Waals surface area (Å²) in [5.74, 6) is -0.316. The monoisotopic (exact) mass is 225 g/mol. The maximum absolute atomic E-state index is 13.1. The predicted octanol–water partition coefficient (Wildman–Crippen LogP) is 3.42. The number of hydrogen-bond acceptors (Lipinski definition) is 1. The summed E-state index contributed by atoms with van der Waals surface area (Å²) in [5, 5.41) is 3.32. The van der Waals surface area contributed by atoms with Gasteiger partial charge in [-0.15, -0.1) is 0 Å². The Morgan fingerprint density at radius 2 is 1.94 bits per heavy atom. The molecule has 0 radical (unpaired) electrons. The molecule has 3 heteroatoms. The minimum absolute atomic E-state index is 0.101. The molecule has 2 rings (SSSR count). The number of nitrogens with one attached hydrogen (secondary N) is 1. The van der Waals surface area contributed by atoms with E-state index >= 15 is 0 Å². The van der Waals surface area contributed by atoms with Crippen LogP contribution in [0.2, 0.25) is 0 Å². The minimum atomic E-state index is -0.490. The summed E-state index contributed by atoms with van der Waals surface area (Å²) < 4.78 is 26.2. The van der Waals surface area contributed by atoms with Crippen LogP contribution in [0.4, 0.5) is 8.78 Å². The first-order valence-electron chi connectivity index (χ1n) is 5.88. The van der Waals surface area contributed by atoms with Gasteiger partial charge in [-0.3, -0.25) is 0 Å². The molecule has 16 heavy (non-hydrogen) atoms. The molecule has 0 amide bonds. The Bertz CT molecular complexity index is 345. The number of hydrogen-bond donors (Lipinski definition) is 1. The van der Waals surface area contributed by atoms with E-state index in [1.807, 2.05) is 0 Å². The first-order chi connectivity index (χ1) is 7.69. The first-order valence-corrected chi connectivity index (χ1v) is 5.88. The quantitative estimate of drug-likeness (QED) is 0.813. The molecule has 1 aliphatic heterocycles. The third-order valence-electron chi connectivity index (χ3n) is 3.38. The molecule has 0 spiro atoms. The van der Waals surface area contributed by atoms with E-state index in [0.29, 0.717) is 5.92 Å². The number of piperidine rings is 1. The lowest BCUT2D eigenvalue weighted by Crippen LogP contribution is -2.31. The lowest BCUT2D eigenvalue weighted by molar-refractivity contribution is 0.298. The fourth-order valence-corrected chi connectivity index (χ4v) is 2.40. The third kappa shape index (κ3) is 2.59. The predicted molar refractivity (Wildman–Crippen MR) is 60.1 cm³/mol. The van der Waals surface area contributed by atoms with E-state index in [4.69, 9.17) is 0 Å². The summed E-state index contributed by atoms with van der Waals surface area (Å²) >= 11 is 0. The van der Waals surface area contributed by atoms with E-state index in [1.54, 1.807) is 0 Å². The molecule has 1 aromatic rings. The largest absolute Gasteiger partial charge is 0.310 e. The number of benzene rings is 1. The van der Waals surface area contributed by atoms with Crippen LogP contribution in [-0.4, -0.2) is 6.54 Å². The van der Waals surface area contributed by atoms with Crippen LogP contribution in [0.5, 0.6) is 0 Å². The zero-order valence-corrected chi connectivity index (χ0v) is 9.47. The fraction of sp³-hybridized carbons (Fsp3) is 0.538. The molecule has 0 aliphatic carbocycles. The molecule has 0 aromatic heterocycles. The van der Waals surface area contributed by atoms with Crippen molar-refractivity contribution < 1.29 is 8.78 Å². The summed E-state index contributed by atoms with van der Waals surface area (Å²) in [6, 6.07) is 3.88. The molecular formula is C13H17F2N. The van der Waals surface area contributed by atoms with Crippen molar-refractivity contribution >= 4 is 0 Å². The van der Waals surface area contributed by atoms with E-state index in [2.05, 4.69) is 12.2 Å². The van der Waals surface area contributed by atoms with Crippen LogP contribution in [0.25, 0.3) is 0 Å². The summed E-state index contributed by atoms with van der Waals surface area (Å²) in [4.78, 5) is 0. The molecule has 1 aromatic carbocycles.